The van der Waals surface area contributed by atoms with Gasteiger partial charge in [0.05, 0.1) is 16.2 Å². The van der Waals surface area contributed by atoms with Gasteiger partial charge in [0, 0.05) is 4.88 Å². The zero-order chi connectivity index (χ0) is 16.8. The molecule has 1 aromatic carbocycles. The topological polar surface area (TPSA) is 70.6 Å². The molecule has 3 N–H and O–H groups in total. The standard InChI is InChI=1S/C17H17IN2O3S/c1-23-11-7-8(6-10(18)14(11)21)15-19-16(22)13-9-4-2-3-5-12(9)24-17(13)20-15/h6-7,15,20-21H,2-5H2,1H3,(H,19,22). The molecule has 0 radical (unpaired) electrons. The Bertz CT molecular complexity index is 834. The van der Waals surface area contributed by atoms with Gasteiger partial charge in [0.25, 0.3) is 5.91 Å². The number of aromatic hydroxyl groups is 1. The highest BCUT2D eigenvalue weighted by Gasteiger charge is 2.32. The van der Waals surface area contributed by atoms with Crippen LogP contribution in [0, 0.1) is 3.57 Å². The summed E-state index contributed by atoms with van der Waals surface area (Å²) in [6.07, 6.45) is 4.09. The number of aryl methyl sites for hydroxylation is 1. The molecule has 1 amide bonds. The minimum Gasteiger partial charge on any atom is -0.504 e. The maximum Gasteiger partial charge on any atom is 0.256 e. The molecule has 0 fully saturated rings. The predicted octanol–water partition coefficient (Wildman–Crippen LogP) is 3.80. The lowest BCUT2D eigenvalue weighted by molar-refractivity contribution is 0.0935. The third-order valence-corrected chi connectivity index (χ3v) is 6.60. The van der Waals surface area contributed by atoms with E-state index in [2.05, 4.69) is 33.2 Å². The van der Waals surface area contributed by atoms with E-state index >= 15 is 0 Å². The Hall–Kier alpha value is -1.48. The summed E-state index contributed by atoms with van der Waals surface area (Å²) < 4.78 is 5.92. The zero-order valence-corrected chi connectivity index (χ0v) is 16.1. The highest BCUT2D eigenvalue weighted by molar-refractivity contribution is 14.1. The molecule has 1 aliphatic carbocycles. The zero-order valence-electron chi connectivity index (χ0n) is 13.1. The Labute approximate surface area is 157 Å². The van der Waals surface area contributed by atoms with Crippen LogP contribution in [-0.4, -0.2) is 18.1 Å². The van der Waals surface area contributed by atoms with E-state index in [0.29, 0.717) is 9.32 Å². The van der Waals surface area contributed by atoms with Crippen molar-refractivity contribution in [2.75, 3.05) is 12.4 Å². The molecule has 1 aliphatic heterocycles. The first-order chi connectivity index (χ1) is 11.6. The number of hydrogen-bond acceptors (Lipinski definition) is 5. The van der Waals surface area contributed by atoms with E-state index in [1.807, 2.05) is 6.07 Å². The number of phenolic OH excluding ortho intramolecular Hbond substituents is 1. The summed E-state index contributed by atoms with van der Waals surface area (Å²) in [5, 5.41) is 17.4. The van der Waals surface area contributed by atoms with Gasteiger partial charge in [0.15, 0.2) is 11.5 Å². The van der Waals surface area contributed by atoms with Crippen molar-refractivity contribution in [2.24, 2.45) is 0 Å². The molecule has 7 heteroatoms. The number of carbonyl (C=O) groups is 1. The summed E-state index contributed by atoms with van der Waals surface area (Å²) in [5.41, 5.74) is 2.91. The van der Waals surface area contributed by atoms with E-state index < -0.39 is 0 Å². The third-order valence-electron chi connectivity index (χ3n) is 4.55. The lowest BCUT2D eigenvalue weighted by Crippen LogP contribution is -2.38. The third kappa shape index (κ3) is 2.54. The second kappa shape index (κ2) is 6.11. The number of phenols is 1. The van der Waals surface area contributed by atoms with Crippen LogP contribution in [0.5, 0.6) is 11.5 Å². The van der Waals surface area contributed by atoms with Crippen molar-refractivity contribution in [3.8, 4) is 11.5 Å². The smallest absolute Gasteiger partial charge is 0.256 e. The van der Waals surface area contributed by atoms with Gasteiger partial charge in [-0.05, 0) is 71.5 Å². The van der Waals surface area contributed by atoms with Crippen LogP contribution in [0.25, 0.3) is 0 Å². The summed E-state index contributed by atoms with van der Waals surface area (Å²) in [6, 6.07) is 3.61. The van der Waals surface area contributed by atoms with Crippen LogP contribution in [0.15, 0.2) is 12.1 Å². The number of methoxy groups -OCH3 is 1. The molecule has 1 aromatic heterocycles. The fourth-order valence-electron chi connectivity index (χ4n) is 3.36. The van der Waals surface area contributed by atoms with Crippen LogP contribution in [0.4, 0.5) is 5.00 Å². The van der Waals surface area contributed by atoms with Gasteiger partial charge in [-0.2, -0.15) is 0 Å². The number of carbonyl (C=O) groups excluding carboxylic acids is 1. The summed E-state index contributed by atoms with van der Waals surface area (Å²) in [6.45, 7) is 0. The minimum atomic E-state index is -0.326. The lowest BCUT2D eigenvalue weighted by atomic mass is 9.94. The van der Waals surface area contributed by atoms with Crippen LogP contribution in [0.2, 0.25) is 0 Å². The Morgan fingerprint density at radius 3 is 2.88 bits per heavy atom. The molecule has 4 rings (SSSR count). The van der Waals surface area contributed by atoms with Crippen LogP contribution in [0.1, 0.15) is 45.4 Å². The number of hydrogen-bond donors (Lipinski definition) is 3. The van der Waals surface area contributed by atoms with Crippen LogP contribution in [0.3, 0.4) is 0 Å². The van der Waals surface area contributed by atoms with Gasteiger partial charge in [-0.25, -0.2) is 0 Å². The first kappa shape index (κ1) is 16.0. The number of thiophene rings is 1. The van der Waals surface area contributed by atoms with Crippen LogP contribution in [-0.2, 0) is 12.8 Å². The second-order valence-corrected chi connectivity index (χ2v) is 8.29. The Morgan fingerprint density at radius 2 is 2.08 bits per heavy atom. The SMILES string of the molecule is COc1cc(C2NC(=O)c3c(sc4c3CCCC4)N2)cc(I)c1O. The van der Waals surface area contributed by atoms with Crippen molar-refractivity contribution in [3.05, 3.63) is 37.3 Å². The fraction of sp³-hybridized carbons (Fsp3) is 0.353. The number of halogens is 1. The highest BCUT2D eigenvalue weighted by Crippen LogP contribution is 2.42. The molecule has 0 spiro atoms. The van der Waals surface area contributed by atoms with Crippen molar-refractivity contribution in [3.63, 3.8) is 0 Å². The lowest BCUT2D eigenvalue weighted by Gasteiger charge is -2.27. The van der Waals surface area contributed by atoms with Crippen LogP contribution >= 0.6 is 33.9 Å². The van der Waals surface area contributed by atoms with E-state index in [4.69, 9.17) is 4.74 Å². The molecular formula is C17H17IN2O3S. The maximum absolute atomic E-state index is 12.7. The van der Waals surface area contributed by atoms with Gasteiger partial charge in [0.1, 0.15) is 11.2 Å². The number of anilines is 1. The normalized spacial score (nSPS) is 19.1. The van der Waals surface area contributed by atoms with E-state index in [-0.39, 0.29) is 17.8 Å². The Balaban J connectivity index is 1.72. The molecule has 0 saturated carbocycles. The van der Waals surface area contributed by atoms with E-state index in [1.165, 1.54) is 24.0 Å². The molecule has 2 aromatic rings. The Morgan fingerprint density at radius 1 is 1.29 bits per heavy atom. The van der Waals surface area contributed by atoms with E-state index in [0.717, 1.165) is 35.4 Å². The van der Waals surface area contributed by atoms with Gasteiger partial charge in [-0.15, -0.1) is 11.3 Å². The fourth-order valence-corrected chi connectivity index (χ4v) is 5.30. The number of amides is 1. The van der Waals surface area contributed by atoms with Crippen molar-refractivity contribution in [1.82, 2.24) is 5.32 Å². The van der Waals surface area contributed by atoms with Gasteiger partial charge in [-0.3, -0.25) is 4.79 Å². The first-order valence-electron chi connectivity index (χ1n) is 7.87. The highest BCUT2D eigenvalue weighted by atomic mass is 127. The molecule has 2 heterocycles. The second-order valence-electron chi connectivity index (χ2n) is 6.02. The monoisotopic (exact) mass is 456 g/mol. The van der Waals surface area contributed by atoms with Gasteiger partial charge in [-0.1, -0.05) is 0 Å². The number of ether oxygens (including phenoxy) is 1. The molecule has 24 heavy (non-hydrogen) atoms. The van der Waals surface area contributed by atoms with Crippen molar-refractivity contribution < 1.29 is 14.6 Å². The van der Waals surface area contributed by atoms with Gasteiger partial charge < -0.3 is 20.5 Å². The summed E-state index contributed by atoms with van der Waals surface area (Å²) in [5.74, 6) is 0.510. The molecule has 2 aliphatic rings. The van der Waals surface area contributed by atoms with Crippen molar-refractivity contribution >= 4 is 44.8 Å². The maximum atomic E-state index is 12.7. The van der Waals surface area contributed by atoms with Crippen molar-refractivity contribution in [1.29, 1.82) is 0 Å². The average molecular weight is 456 g/mol. The average Bonchev–Trinajstić information content (AvgIpc) is 2.96. The Kier molecular flexibility index (Phi) is 4.07. The molecule has 0 saturated heterocycles. The number of fused-ring (bicyclic) bond motifs is 3. The first-order valence-corrected chi connectivity index (χ1v) is 9.76. The van der Waals surface area contributed by atoms with Gasteiger partial charge >= 0.3 is 0 Å². The number of benzene rings is 1. The van der Waals surface area contributed by atoms with E-state index in [9.17, 15) is 9.90 Å². The molecule has 126 valence electrons. The molecule has 1 unspecified atom stereocenters. The molecule has 1 atom stereocenters. The largest absolute Gasteiger partial charge is 0.504 e. The minimum absolute atomic E-state index is 0.0183. The van der Waals surface area contributed by atoms with Crippen LogP contribution < -0.4 is 15.4 Å². The summed E-state index contributed by atoms with van der Waals surface area (Å²) in [7, 11) is 1.52. The summed E-state index contributed by atoms with van der Waals surface area (Å²) in [4.78, 5) is 14.0. The number of rotatable bonds is 2. The molecule has 0 bridgehead atoms. The predicted molar refractivity (Wildman–Crippen MR) is 102 cm³/mol. The van der Waals surface area contributed by atoms with Crippen molar-refractivity contribution in [2.45, 2.75) is 31.8 Å². The quantitative estimate of drug-likeness (QED) is 0.602. The molecular weight excluding hydrogens is 439 g/mol. The molecule has 5 nitrogen and oxygen atoms in total. The number of nitrogens with one attached hydrogen (secondary N) is 2. The summed E-state index contributed by atoms with van der Waals surface area (Å²) >= 11 is 3.76. The van der Waals surface area contributed by atoms with Gasteiger partial charge in [0.2, 0.25) is 0 Å². The van der Waals surface area contributed by atoms with E-state index in [1.54, 1.807) is 17.4 Å².